The van der Waals surface area contributed by atoms with Gasteiger partial charge in [0.15, 0.2) is 6.61 Å². The second kappa shape index (κ2) is 5.35. The lowest BCUT2D eigenvalue weighted by Gasteiger charge is -2.02. The van der Waals surface area contributed by atoms with Crippen molar-refractivity contribution in [2.75, 3.05) is 5.73 Å². The summed E-state index contributed by atoms with van der Waals surface area (Å²) in [7, 11) is 0. The Bertz CT molecular complexity index is 681. The van der Waals surface area contributed by atoms with Gasteiger partial charge < -0.3 is 15.0 Å². The Morgan fingerprint density at radius 3 is 2.75 bits per heavy atom. The SMILES string of the molecule is Nc1ccc(OCc2nc(-c3ccncn3)no2)cc1. The van der Waals surface area contributed by atoms with Crippen molar-refractivity contribution in [3.8, 4) is 17.3 Å². The highest BCUT2D eigenvalue weighted by Gasteiger charge is 2.09. The van der Waals surface area contributed by atoms with Crippen molar-refractivity contribution >= 4 is 5.69 Å². The third kappa shape index (κ3) is 2.72. The normalized spacial score (nSPS) is 10.4. The molecule has 0 aliphatic rings. The van der Waals surface area contributed by atoms with Crippen molar-refractivity contribution in [1.29, 1.82) is 0 Å². The molecule has 0 aliphatic heterocycles. The Labute approximate surface area is 114 Å². The van der Waals surface area contributed by atoms with E-state index >= 15 is 0 Å². The summed E-state index contributed by atoms with van der Waals surface area (Å²) in [5.41, 5.74) is 6.87. The van der Waals surface area contributed by atoms with Gasteiger partial charge in [0, 0.05) is 11.9 Å². The monoisotopic (exact) mass is 269 g/mol. The van der Waals surface area contributed by atoms with Gasteiger partial charge in [0.25, 0.3) is 5.89 Å². The molecule has 7 nitrogen and oxygen atoms in total. The predicted molar refractivity (Wildman–Crippen MR) is 70.5 cm³/mol. The van der Waals surface area contributed by atoms with E-state index in [0.29, 0.717) is 28.8 Å². The number of nitrogens with two attached hydrogens (primary N) is 1. The molecule has 2 heterocycles. The first-order valence-corrected chi connectivity index (χ1v) is 5.88. The molecule has 2 aromatic heterocycles. The first-order valence-electron chi connectivity index (χ1n) is 5.88. The molecule has 0 unspecified atom stereocenters. The molecule has 100 valence electrons. The zero-order chi connectivity index (χ0) is 13.8. The van der Waals surface area contributed by atoms with Crippen LogP contribution in [0.4, 0.5) is 5.69 Å². The maximum absolute atomic E-state index is 5.59. The van der Waals surface area contributed by atoms with Gasteiger partial charge in [-0.1, -0.05) is 5.16 Å². The lowest BCUT2D eigenvalue weighted by Crippen LogP contribution is -1.96. The maximum Gasteiger partial charge on any atom is 0.264 e. The first kappa shape index (κ1) is 12.1. The number of hydrogen-bond acceptors (Lipinski definition) is 7. The summed E-state index contributed by atoms with van der Waals surface area (Å²) in [4.78, 5) is 12.1. The van der Waals surface area contributed by atoms with E-state index in [1.807, 2.05) is 0 Å². The predicted octanol–water partition coefficient (Wildman–Crippen LogP) is 1.69. The number of nitrogens with zero attached hydrogens (tertiary/aromatic N) is 4. The molecule has 0 aliphatic carbocycles. The topological polar surface area (TPSA) is 100.0 Å². The summed E-state index contributed by atoms with van der Waals surface area (Å²) in [5.74, 6) is 1.46. The molecule has 1 aromatic carbocycles. The fourth-order valence-corrected chi connectivity index (χ4v) is 1.55. The van der Waals surface area contributed by atoms with E-state index < -0.39 is 0 Å². The van der Waals surface area contributed by atoms with Crippen molar-refractivity contribution < 1.29 is 9.26 Å². The van der Waals surface area contributed by atoms with Crippen molar-refractivity contribution in [3.05, 3.63) is 48.7 Å². The standard InChI is InChI=1S/C13H11N5O2/c14-9-1-3-10(4-2-9)19-7-12-17-13(18-20-12)11-5-6-15-8-16-11/h1-6,8H,7,14H2. The largest absolute Gasteiger partial charge is 0.484 e. The molecule has 0 fully saturated rings. The quantitative estimate of drug-likeness (QED) is 0.719. The second-order valence-electron chi connectivity index (χ2n) is 3.96. The lowest BCUT2D eigenvalue weighted by molar-refractivity contribution is 0.243. The van der Waals surface area contributed by atoms with Crippen molar-refractivity contribution in [1.82, 2.24) is 20.1 Å². The van der Waals surface area contributed by atoms with E-state index in [4.69, 9.17) is 15.0 Å². The molecule has 0 radical (unpaired) electrons. The maximum atomic E-state index is 5.59. The van der Waals surface area contributed by atoms with Crippen molar-refractivity contribution in [2.45, 2.75) is 6.61 Å². The van der Waals surface area contributed by atoms with E-state index in [9.17, 15) is 0 Å². The second-order valence-corrected chi connectivity index (χ2v) is 3.96. The van der Waals surface area contributed by atoms with Gasteiger partial charge >= 0.3 is 0 Å². The molecule has 20 heavy (non-hydrogen) atoms. The van der Waals surface area contributed by atoms with Crippen molar-refractivity contribution in [2.24, 2.45) is 0 Å². The molecular formula is C13H11N5O2. The van der Waals surface area contributed by atoms with Crippen LogP contribution in [0.2, 0.25) is 0 Å². The number of rotatable bonds is 4. The minimum atomic E-state index is 0.183. The van der Waals surface area contributed by atoms with E-state index in [-0.39, 0.29) is 6.61 Å². The molecule has 0 amide bonds. The Kier molecular flexibility index (Phi) is 3.24. The van der Waals surface area contributed by atoms with E-state index in [1.54, 1.807) is 36.5 Å². The molecule has 3 aromatic rings. The van der Waals surface area contributed by atoms with Crippen LogP contribution in [0.1, 0.15) is 5.89 Å². The Balaban J connectivity index is 1.67. The van der Waals surface area contributed by atoms with Crippen LogP contribution in [-0.2, 0) is 6.61 Å². The number of ether oxygens (including phenoxy) is 1. The number of nitrogen functional groups attached to an aromatic ring is 1. The minimum Gasteiger partial charge on any atom is -0.484 e. The van der Waals surface area contributed by atoms with Crippen LogP contribution in [0, 0.1) is 0 Å². The van der Waals surface area contributed by atoms with Gasteiger partial charge in [-0.25, -0.2) is 9.97 Å². The Hall–Kier alpha value is -2.96. The van der Waals surface area contributed by atoms with Crippen LogP contribution in [0.3, 0.4) is 0 Å². The molecule has 2 N–H and O–H groups in total. The first-order chi connectivity index (χ1) is 9.81. The lowest BCUT2D eigenvalue weighted by atomic mass is 10.3. The third-order valence-corrected chi connectivity index (χ3v) is 2.52. The summed E-state index contributed by atoms with van der Waals surface area (Å²) in [6.07, 6.45) is 3.04. The molecule has 0 spiro atoms. The van der Waals surface area contributed by atoms with Crippen molar-refractivity contribution in [3.63, 3.8) is 0 Å². The third-order valence-electron chi connectivity index (χ3n) is 2.52. The van der Waals surface area contributed by atoms with Crippen LogP contribution in [0.5, 0.6) is 5.75 Å². The van der Waals surface area contributed by atoms with Gasteiger partial charge in [-0.05, 0) is 30.3 Å². The highest BCUT2D eigenvalue weighted by Crippen LogP contribution is 2.16. The fourth-order valence-electron chi connectivity index (χ4n) is 1.55. The van der Waals surface area contributed by atoms with Crippen LogP contribution < -0.4 is 10.5 Å². The molecule has 0 atom stereocenters. The summed E-state index contributed by atoms with van der Waals surface area (Å²) in [5, 5.41) is 3.84. The van der Waals surface area contributed by atoms with Crippen LogP contribution >= 0.6 is 0 Å². The molecule has 7 heteroatoms. The Morgan fingerprint density at radius 1 is 1.15 bits per heavy atom. The van der Waals surface area contributed by atoms with Gasteiger partial charge in [0.2, 0.25) is 5.82 Å². The Morgan fingerprint density at radius 2 is 2.00 bits per heavy atom. The summed E-state index contributed by atoms with van der Waals surface area (Å²) in [6, 6.07) is 8.77. The zero-order valence-electron chi connectivity index (χ0n) is 10.4. The summed E-state index contributed by atoms with van der Waals surface area (Å²) >= 11 is 0. The average Bonchev–Trinajstić information content (AvgIpc) is 2.97. The van der Waals surface area contributed by atoms with Crippen LogP contribution in [0.25, 0.3) is 11.5 Å². The summed E-state index contributed by atoms with van der Waals surface area (Å²) < 4.78 is 10.6. The average molecular weight is 269 g/mol. The van der Waals surface area contributed by atoms with Gasteiger partial charge in [-0.15, -0.1) is 0 Å². The highest BCUT2D eigenvalue weighted by atomic mass is 16.5. The number of benzene rings is 1. The number of hydrogen-bond donors (Lipinski definition) is 1. The van der Waals surface area contributed by atoms with E-state index in [0.717, 1.165) is 0 Å². The number of aromatic nitrogens is 4. The molecule has 3 rings (SSSR count). The van der Waals surface area contributed by atoms with E-state index in [1.165, 1.54) is 6.33 Å². The van der Waals surface area contributed by atoms with Gasteiger partial charge in [-0.3, -0.25) is 0 Å². The van der Waals surface area contributed by atoms with Gasteiger partial charge in [-0.2, -0.15) is 4.98 Å². The molecular weight excluding hydrogens is 258 g/mol. The minimum absolute atomic E-state index is 0.183. The molecule has 0 saturated heterocycles. The van der Waals surface area contributed by atoms with Gasteiger partial charge in [0.1, 0.15) is 17.8 Å². The smallest absolute Gasteiger partial charge is 0.264 e. The molecule has 0 saturated carbocycles. The van der Waals surface area contributed by atoms with Crippen LogP contribution in [0.15, 0.2) is 47.4 Å². The van der Waals surface area contributed by atoms with Gasteiger partial charge in [0.05, 0.1) is 0 Å². The summed E-state index contributed by atoms with van der Waals surface area (Å²) in [6.45, 7) is 0.183. The molecule has 0 bridgehead atoms. The zero-order valence-corrected chi connectivity index (χ0v) is 10.4. The number of anilines is 1. The van der Waals surface area contributed by atoms with E-state index in [2.05, 4.69) is 20.1 Å². The highest BCUT2D eigenvalue weighted by molar-refractivity contribution is 5.46. The fraction of sp³-hybridized carbons (Fsp3) is 0.0769. The van der Waals surface area contributed by atoms with Crippen LogP contribution in [-0.4, -0.2) is 20.1 Å².